The van der Waals surface area contributed by atoms with Gasteiger partial charge in [0.15, 0.2) is 5.69 Å². The zero-order chi connectivity index (χ0) is 13.4. The number of allylic oxidation sites excluding steroid dienone is 1. The summed E-state index contributed by atoms with van der Waals surface area (Å²) in [6.07, 6.45) is 8.46. The average molecular weight is 259 g/mol. The summed E-state index contributed by atoms with van der Waals surface area (Å²) >= 11 is 0. The van der Waals surface area contributed by atoms with Gasteiger partial charge in [-0.05, 0) is 31.6 Å². The molecule has 0 spiro atoms. The molecule has 0 radical (unpaired) electrons. The van der Waals surface area contributed by atoms with E-state index in [0.29, 0.717) is 29.0 Å². The third-order valence-electron chi connectivity index (χ3n) is 3.47. The number of methoxy groups -OCH3 is 1. The van der Waals surface area contributed by atoms with Crippen molar-refractivity contribution in [2.75, 3.05) is 12.8 Å². The van der Waals surface area contributed by atoms with Gasteiger partial charge >= 0.3 is 5.97 Å². The van der Waals surface area contributed by atoms with Crippen LogP contribution < -0.4 is 5.73 Å². The lowest BCUT2D eigenvalue weighted by atomic mass is 10.1. The summed E-state index contributed by atoms with van der Waals surface area (Å²) in [5.41, 5.74) is 6.85. The van der Waals surface area contributed by atoms with Crippen LogP contribution in [0.3, 0.4) is 0 Å². The molecule has 3 rings (SSSR count). The van der Waals surface area contributed by atoms with Crippen LogP contribution in [0.5, 0.6) is 0 Å². The van der Waals surface area contributed by atoms with Crippen LogP contribution in [-0.2, 0) is 4.74 Å². The lowest BCUT2D eigenvalue weighted by Crippen LogP contribution is -2.13. The molecule has 0 unspecified atom stereocenters. The number of carbonyl (C=O) groups is 1. The molecule has 2 fully saturated rings. The van der Waals surface area contributed by atoms with Gasteiger partial charge in [0.1, 0.15) is 11.6 Å². The molecule has 0 atom stereocenters. The van der Waals surface area contributed by atoms with Gasteiger partial charge in [0.25, 0.3) is 0 Å². The molecule has 0 aromatic carbocycles. The van der Waals surface area contributed by atoms with Crippen molar-refractivity contribution in [1.29, 1.82) is 0 Å². The molecule has 2 aliphatic rings. The van der Waals surface area contributed by atoms with Crippen LogP contribution in [0, 0.1) is 5.92 Å². The number of anilines is 1. The summed E-state index contributed by atoms with van der Waals surface area (Å²) in [5.74, 6) is 1.54. The number of esters is 1. The molecule has 1 aromatic heterocycles. The van der Waals surface area contributed by atoms with E-state index in [0.717, 1.165) is 12.8 Å². The summed E-state index contributed by atoms with van der Waals surface area (Å²) < 4.78 is 4.79. The van der Waals surface area contributed by atoms with E-state index in [1.165, 1.54) is 20.0 Å². The second-order valence-electron chi connectivity index (χ2n) is 5.19. The summed E-state index contributed by atoms with van der Waals surface area (Å²) in [7, 11) is 1.35. The van der Waals surface area contributed by atoms with Crippen molar-refractivity contribution in [3.8, 4) is 0 Å². The normalized spacial score (nSPS) is 18.8. The molecule has 19 heavy (non-hydrogen) atoms. The molecule has 2 N–H and O–H groups in total. The quantitative estimate of drug-likeness (QED) is 0.838. The van der Waals surface area contributed by atoms with Crippen molar-refractivity contribution in [3.05, 3.63) is 23.2 Å². The minimum atomic E-state index is -0.452. The largest absolute Gasteiger partial charge is 0.464 e. The van der Waals surface area contributed by atoms with Crippen molar-refractivity contribution in [2.24, 2.45) is 5.92 Å². The summed E-state index contributed by atoms with van der Waals surface area (Å²) in [5, 5.41) is 0. The fourth-order valence-electron chi connectivity index (χ4n) is 1.97. The Kier molecular flexibility index (Phi) is 2.97. The lowest BCUT2D eigenvalue weighted by Gasteiger charge is -2.08. The Hall–Kier alpha value is -1.91. The molecule has 0 bridgehead atoms. The molecular formula is C14H17N3O2. The zero-order valence-corrected chi connectivity index (χ0v) is 10.9. The molecule has 0 saturated heterocycles. The predicted molar refractivity (Wildman–Crippen MR) is 71.5 cm³/mol. The van der Waals surface area contributed by atoms with Crippen LogP contribution in [0.15, 0.2) is 6.08 Å². The maximum atomic E-state index is 11.8. The maximum Gasteiger partial charge on any atom is 0.357 e. The molecule has 0 amide bonds. The fraction of sp³-hybridized carbons (Fsp3) is 0.500. The van der Waals surface area contributed by atoms with Crippen LogP contribution in [-0.4, -0.2) is 23.0 Å². The molecule has 5 heteroatoms. The van der Waals surface area contributed by atoms with Crippen LogP contribution in [0.4, 0.5) is 5.82 Å². The van der Waals surface area contributed by atoms with E-state index in [2.05, 4.69) is 16.0 Å². The third-order valence-corrected chi connectivity index (χ3v) is 3.47. The highest BCUT2D eigenvalue weighted by molar-refractivity contribution is 5.93. The molecule has 100 valence electrons. The van der Waals surface area contributed by atoms with E-state index in [9.17, 15) is 4.79 Å². The van der Waals surface area contributed by atoms with Gasteiger partial charge in [-0.15, -0.1) is 0 Å². The number of hydrogen-bond acceptors (Lipinski definition) is 5. The number of ether oxygens (including phenoxy) is 1. The van der Waals surface area contributed by atoms with Gasteiger partial charge in [0, 0.05) is 11.5 Å². The number of carbonyl (C=O) groups excluding carboxylic acids is 1. The predicted octanol–water partition coefficient (Wildman–Crippen LogP) is 2.15. The van der Waals surface area contributed by atoms with Crippen molar-refractivity contribution in [1.82, 2.24) is 9.97 Å². The third kappa shape index (κ3) is 2.59. The number of nitrogens with zero attached hydrogens (tertiary/aromatic N) is 2. The highest BCUT2D eigenvalue weighted by atomic mass is 16.5. The Labute approximate surface area is 111 Å². The van der Waals surface area contributed by atoms with Crippen LogP contribution in [0.2, 0.25) is 0 Å². The van der Waals surface area contributed by atoms with E-state index in [-0.39, 0.29) is 5.69 Å². The summed E-state index contributed by atoms with van der Waals surface area (Å²) in [4.78, 5) is 20.5. The van der Waals surface area contributed by atoms with Gasteiger partial charge in [0.2, 0.25) is 0 Å². The van der Waals surface area contributed by atoms with Crippen LogP contribution >= 0.6 is 0 Å². The molecule has 1 heterocycles. The van der Waals surface area contributed by atoms with Gasteiger partial charge in [-0.25, -0.2) is 14.8 Å². The smallest absolute Gasteiger partial charge is 0.357 e. The fourth-order valence-corrected chi connectivity index (χ4v) is 1.97. The van der Waals surface area contributed by atoms with Gasteiger partial charge in [-0.1, -0.05) is 12.2 Å². The first kappa shape index (κ1) is 12.1. The standard InChI is InChI=1S/C14H17N3O2/c1-19-14(18)11-10(7-4-8-2-3-8)12(15)17-13(16-11)9-5-6-9/h4,7-9H,2-3,5-6H2,1H3,(H2,15,16,17)/b7-4+. The van der Waals surface area contributed by atoms with E-state index in [1.807, 2.05) is 6.08 Å². The molecule has 0 aliphatic heterocycles. The second-order valence-corrected chi connectivity index (χ2v) is 5.19. The first-order chi connectivity index (χ1) is 9.19. The minimum Gasteiger partial charge on any atom is -0.464 e. The Morgan fingerprint density at radius 3 is 2.63 bits per heavy atom. The van der Waals surface area contributed by atoms with Crippen molar-refractivity contribution < 1.29 is 9.53 Å². The van der Waals surface area contributed by atoms with Crippen molar-refractivity contribution >= 4 is 17.9 Å². The topological polar surface area (TPSA) is 78.1 Å². The first-order valence-electron chi connectivity index (χ1n) is 6.63. The molecule has 5 nitrogen and oxygen atoms in total. The number of hydrogen-bond donors (Lipinski definition) is 1. The first-order valence-corrected chi connectivity index (χ1v) is 6.63. The van der Waals surface area contributed by atoms with E-state index in [1.54, 1.807) is 0 Å². The highest BCUT2D eigenvalue weighted by Gasteiger charge is 2.29. The average Bonchev–Trinajstić information content (AvgIpc) is 3.28. The minimum absolute atomic E-state index is 0.286. The number of rotatable bonds is 4. The van der Waals surface area contributed by atoms with Crippen LogP contribution in [0.25, 0.3) is 6.08 Å². The van der Waals surface area contributed by atoms with E-state index < -0.39 is 5.97 Å². The number of aromatic nitrogens is 2. The van der Waals surface area contributed by atoms with Gasteiger partial charge in [-0.3, -0.25) is 0 Å². The van der Waals surface area contributed by atoms with Gasteiger partial charge in [0.05, 0.1) is 7.11 Å². The van der Waals surface area contributed by atoms with Gasteiger partial charge < -0.3 is 10.5 Å². The highest BCUT2D eigenvalue weighted by Crippen LogP contribution is 2.39. The van der Waals surface area contributed by atoms with E-state index >= 15 is 0 Å². The zero-order valence-electron chi connectivity index (χ0n) is 10.9. The Bertz CT molecular complexity index is 546. The molecule has 2 aliphatic carbocycles. The molecular weight excluding hydrogens is 242 g/mol. The summed E-state index contributed by atoms with van der Waals surface area (Å²) in [6.45, 7) is 0. The van der Waals surface area contributed by atoms with Crippen LogP contribution in [0.1, 0.15) is 53.5 Å². The second kappa shape index (κ2) is 4.64. The Morgan fingerprint density at radius 2 is 2.05 bits per heavy atom. The van der Waals surface area contributed by atoms with Gasteiger partial charge in [-0.2, -0.15) is 0 Å². The Morgan fingerprint density at radius 1 is 1.32 bits per heavy atom. The maximum absolute atomic E-state index is 11.8. The Balaban J connectivity index is 2.00. The summed E-state index contributed by atoms with van der Waals surface area (Å²) in [6, 6.07) is 0. The SMILES string of the molecule is COC(=O)c1nc(C2CC2)nc(N)c1/C=C/C1CC1. The number of nitrogens with two attached hydrogens (primary N) is 1. The van der Waals surface area contributed by atoms with Crippen molar-refractivity contribution in [2.45, 2.75) is 31.6 Å². The molecule has 1 aromatic rings. The number of nitrogen functional groups attached to an aromatic ring is 1. The monoisotopic (exact) mass is 259 g/mol. The van der Waals surface area contributed by atoms with Crippen molar-refractivity contribution in [3.63, 3.8) is 0 Å². The van der Waals surface area contributed by atoms with E-state index in [4.69, 9.17) is 10.5 Å². The molecule has 2 saturated carbocycles. The lowest BCUT2D eigenvalue weighted by molar-refractivity contribution is 0.0593.